The van der Waals surface area contributed by atoms with Crippen LogP contribution in [0.25, 0.3) is 0 Å². The van der Waals surface area contributed by atoms with Gasteiger partial charge in [0, 0.05) is 44.6 Å². The second-order valence-corrected chi connectivity index (χ2v) is 15.2. The second-order valence-electron chi connectivity index (χ2n) is 12.6. The number of anilines is 1. The second kappa shape index (κ2) is 11.3. The van der Waals surface area contributed by atoms with E-state index in [-0.39, 0.29) is 23.2 Å². The number of aliphatic hydroxyl groups is 1. The van der Waals surface area contributed by atoms with Crippen LogP contribution >= 0.6 is 11.6 Å². The Bertz CT molecular complexity index is 1460. The molecule has 6 atom stereocenters. The van der Waals surface area contributed by atoms with Gasteiger partial charge in [-0.05, 0) is 104 Å². The molecule has 0 radical (unpaired) electrons. The van der Waals surface area contributed by atoms with Gasteiger partial charge in [0.25, 0.3) is 5.91 Å². The molecule has 220 valence electrons. The van der Waals surface area contributed by atoms with Gasteiger partial charge in [-0.1, -0.05) is 43.2 Å². The highest BCUT2D eigenvalue weighted by Gasteiger charge is 2.44. The predicted octanol–water partition coefficient (Wildman–Crippen LogP) is 5.55. The van der Waals surface area contributed by atoms with E-state index in [1.807, 2.05) is 30.4 Å². The molecule has 0 saturated heterocycles. The van der Waals surface area contributed by atoms with Gasteiger partial charge in [0.2, 0.25) is 0 Å². The minimum absolute atomic E-state index is 0.106. The first-order chi connectivity index (χ1) is 19.7. The van der Waals surface area contributed by atoms with Crippen molar-refractivity contribution in [3.63, 3.8) is 0 Å². The molecule has 2 bridgehead atoms. The Labute approximate surface area is 249 Å². The Kier molecular flexibility index (Phi) is 7.90. The van der Waals surface area contributed by atoms with Crippen LogP contribution in [0.15, 0.2) is 48.6 Å². The Morgan fingerprint density at radius 1 is 1.24 bits per heavy atom. The zero-order chi connectivity index (χ0) is 28.8. The number of carbonyl (C=O) groups excluding carboxylic acids is 1. The van der Waals surface area contributed by atoms with Crippen LogP contribution in [0, 0.1) is 17.8 Å². The van der Waals surface area contributed by atoms with Gasteiger partial charge < -0.3 is 14.7 Å². The molecule has 2 heterocycles. The minimum atomic E-state index is -2.84. The van der Waals surface area contributed by atoms with Crippen LogP contribution in [-0.2, 0) is 21.5 Å². The van der Waals surface area contributed by atoms with Crippen molar-refractivity contribution >= 4 is 38.8 Å². The number of ether oxygens (including phenoxy) is 1. The number of nitrogens with zero attached hydrogens (tertiary/aromatic N) is 1. The van der Waals surface area contributed by atoms with Crippen molar-refractivity contribution in [2.45, 2.75) is 63.4 Å². The standard InChI is InChI=1S/C33H41ClN2O4S/c1-3-22-6-4-8-30(37)27-12-9-25(27)18-36-20-33(15-5-7-23-16-26(34)11-13-28(23)33)21-40-31-14-10-24(17-29(31)36)32(38)35-41(2,39)19-22/h4,8,10-11,13-14,16-17,22,25,27,30,37H,2-3,5-7,9,12,15,18-21H2,1H3,(H,35,38,39)/b8-4+/t22-,25-,27+,30-,33-,41?/m0/s1. The van der Waals surface area contributed by atoms with Gasteiger partial charge >= 0.3 is 0 Å². The maximum Gasteiger partial charge on any atom is 0.262 e. The molecule has 41 heavy (non-hydrogen) atoms. The molecular weight excluding hydrogens is 556 g/mol. The van der Waals surface area contributed by atoms with E-state index < -0.39 is 15.8 Å². The van der Waals surface area contributed by atoms with Crippen molar-refractivity contribution in [1.82, 2.24) is 4.72 Å². The number of rotatable bonds is 1. The lowest BCUT2D eigenvalue weighted by atomic mass is 9.68. The summed E-state index contributed by atoms with van der Waals surface area (Å²) >= 11 is 6.39. The van der Waals surface area contributed by atoms with Gasteiger partial charge in [0.15, 0.2) is 0 Å². The number of amides is 1. The topological polar surface area (TPSA) is 78.9 Å². The molecule has 1 fully saturated rings. The van der Waals surface area contributed by atoms with Crippen LogP contribution in [0.1, 0.15) is 66.9 Å². The van der Waals surface area contributed by atoms with Gasteiger partial charge in [-0.2, -0.15) is 0 Å². The number of benzene rings is 2. The van der Waals surface area contributed by atoms with E-state index in [9.17, 15) is 14.1 Å². The van der Waals surface area contributed by atoms with Crippen molar-refractivity contribution in [2.24, 2.45) is 17.8 Å². The zero-order valence-corrected chi connectivity index (χ0v) is 25.4. The zero-order valence-electron chi connectivity index (χ0n) is 23.8. The Balaban J connectivity index is 1.41. The van der Waals surface area contributed by atoms with E-state index >= 15 is 0 Å². The number of aliphatic hydroxyl groups excluding tert-OH is 1. The maximum absolute atomic E-state index is 13.4. The molecule has 4 aliphatic rings. The van der Waals surface area contributed by atoms with E-state index in [0.29, 0.717) is 30.3 Å². The van der Waals surface area contributed by atoms with Crippen molar-refractivity contribution in [3.05, 3.63) is 70.3 Å². The average Bonchev–Trinajstić information content (AvgIpc) is 3.06. The molecule has 6 rings (SSSR count). The highest BCUT2D eigenvalue weighted by atomic mass is 35.5. The fourth-order valence-electron chi connectivity index (χ4n) is 7.37. The average molecular weight is 597 g/mol. The molecule has 2 aliphatic carbocycles. The number of nitrogens with one attached hydrogen (secondary N) is 1. The number of hydrogen-bond acceptors (Lipinski definition) is 5. The van der Waals surface area contributed by atoms with E-state index in [0.717, 1.165) is 68.1 Å². The van der Waals surface area contributed by atoms with E-state index in [2.05, 4.69) is 34.5 Å². The minimum Gasteiger partial charge on any atom is -0.490 e. The van der Waals surface area contributed by atoms with Crippen molar-refractivity contribution in [2.75, 3.05) is 30.3 Å². The normalized spacial score (nSPS) is 34.3. The van der Waals surface area contributed by atoms with Crippen LogP contribution in [0.4, 0.5) is 5.69 Å². The van der Waals surface area contributed by atoms with Crippen LogP contribution in [0.5, 0.6) is 5.75 Å². The van der Waals surface area contributed by atoms with Crippen LogP contribution in [0.3, 0.4) is 0 Å². The maximum atomic E-state index is 13.4. The summed E-state index contributed by atoms with van der Waals surface area (Å²) in [5.74, 6) is 5.20. The largest absolute Gasteiger partial charge is 0.490 e. The van der Waals surface area contributed by atoms with E-state index in [1.165, 1.54) is 11.1 Å². The first kappa shape index (κ1) is 28.6. The summed E-state index contributed by atoms with van der Waals surface area (Å²) in [6.07, 6.45) is 10.1. The molecule has 2 aliphatic heterocycles. The fraction of sp³-hybridized carbons (Fsp3) is 0.515. The number of allylic oxidation sites excluding steroid dienone is 1. The lowest BCUT2D eigenvalue weighted by Crippen LogP contribution is -2.49. The molecule has 2 aromatic carbocycles. The monoisotopic (exact) mass is 596 g/mol. The smallest absolute Gasteiger partial charge is 0.262 e. The predicted molar refractivity (Wildman–Crippen MR) is 168 cm³/mol. The van der Waals surface area contributed by atoms with Crippen LogP contribution in [0.2, 0.25) is 5.02 Å². The van der Waals surface area contributed by atoms with Gasteiger partial charge in [-0.25, -0.2) is 4.21 Å². The first-order valence-corrected chi connectivity index (χ1v) is 17.3. The Morgan fingerprint density at radius 3 is 2.88 bits per heavy atom. The van der Waals surface area contributed by atoms with E-state index in [4.69, 9.17) is 16.3 Å². The molecule has 1 spiro atoms. The molecule has 8 heteroatoms. The molecule has 1 unspecified atom stereocenters. The van der Waals surface area contributed by atoms with Crippen molar-refractivity contribution < 1.29 is 18.8 Å². The number of halogens is 1. The first-order valence-electron chi connectivity index (χ1n) is 15.0. The fourth-order valence-corrected chi connectivity index (χ4v) is 9.23. The third kappa shape index (κ3) is 5.78. The number of fused-ring (bicyclic) bond motifs is 4. The SMILES string of the molecule is C=S1(=O)C[C@@H](CC)C/C=C/[C@H](O)[C@@H]2CC[C@H]2CN2C[C@@]3(CCCc4cc(Cl)ccc43)COc3ccc(cc32)C(=O)N1. The van der Waals surface area contributed by atoms with Gasteiger partial charge in [0.1, 0.15) is 5.75 Å². The molecule has 2 N–H and O–H groups in total. The number of carbonyl (C=O) groups is 1. The number of aryl methyl sites for hydroxylation is 1. The van der Waals surface area contributed by atoms with Gasteiger partial charge in [-0.3, -0.25) is 9.52 Å². The third-order valence-corrected chi connectivity index (χ3v) is 11.6. The van der Waals surface area contributed by atoms with Crippen LogP contribution < -0.4 is 14.4 Å². The molecule has 0 aromatic heterocycles. The molecule has 1 saturated carbocycles. The summed E-state index contributed by atoms with van der Waals surface area (Å²) in [6.45, 7) is 4.12. The molecule has 6 nitrogen and oxygen atoms in total. The summed E-state index contributed by atoms with van der Waals surface area (Å²) in [5.41, 5.74) is 3.69. The highest BCUT2D eigenvalue weighted by molar-refractivity contribution is 7.99. The van der Waals surface area contributed by atoms with Crippen molar-refractivity contribution in [3.8, 4) is 5.75 Å². The van der Waals surface area contributed by atoms with Gasteiger partial charge in [0.05, 0.1) is 18.4 Å². The summed E-state index contributed by atoms with van der Waals surface area (Å²) < 4.78 is 22.7. The summed E-state index contributed by atoms with van der Waals surface area (Å²) in [5, 5.41) is 11.9. The summed E-state index contributed by atoms with van der Waals surface area (Å²) in [6, 6.07) is 11.8. The lowest BCUT2D eigenvalue weighted by Gasteiger charge is -2.45. The van der Waals surface area contributed by atoms with Crippen molar-refractivity contribution in [1.29, 1.82) is 0 Å². The number of hydrogen-bond donors (Lipinski definition) is 2. The molecule has 1 amide bonds. The Hall–Kier alpha value is -2.48. The highest BCUT2D eigenvalue weighted by Crippen LogP contribution is 2.46. The summed E-state index contributed by atoms with van der Waals surface area (Å²) in [4.78, 5) is 15.8. The van der Waals surface area contributed by atoms with Gasteiger partial charge in [-0.15, -0.1) is 0 Å². The molecule has 2 aromatic rings. The Morgan fingerprint density at radius 2 is 2.10 bits per heavy atom. The quantitative estimate of drug-likeness (QED) is 0.333. The van der Waals surface area contributed by atoms with E-state index in [1.54, 1.807) is 6.07 Å². The third-order valence-electron chi connectivity index (χ3n) is 9.83. The van der Waals surface area contributed by atoms with Crippen LogP contribution in [-0.4, -0.2) is 52.6 Å². The lowest BCUT2D eigenvalue weighted by molar-refractivity contribution is 0.0456. The summed E-state index contributed by atoms with van der Waals surface area (Å²) in [7, 11) is -2.84. The molecular formula is C33H41ClN2O4S.